The fraction of sp³-hybridized carbons (Fsp3) is 0.400. The normalized spacial score (nSPS) is 10.7. The maximum absolute atomic E-state index is 5.53. The number of halogens is 1. The van der Waals surface area contributed by atoms with Gasteiger partial charge in [0, 0.05) is 5.88 Å². The molecule has 0 fully saturated rings. The van der Waals surface area contributed by atoms with E-state index in [4.69, 9.17) is 11.6 Å². The minimum Gasteiger partial charge on any atom is -0.122 e. The lowest BCUT2D eigenvalue weighted by atomic mass is 10.3. The molecule has 0 aromatic heterocycles. The predicted octanol–water partition coefficient (Wildman–Crippen LogP) is 3.94. The van der Waals surface area contributed by atoms with Gasteiger partial charge in [-0.15, -0.1) is 11.6 Å². The summed E-state index contributed by atoms with van der Waals surface area (Å²) in [6, 6.07) is 0. The van der Waals surface area contributed by atoms with Crippen LogP contribution in [0.2, 0.25) is 0 Å². The highest BCUT2D eigenvalue weighted by atomic mass is 35.5. The third-order valence-corrected chi connectivity index (χ3v) is 1.23. The molecule has 0 amide bonds. The molecule has 0 saturated heterocycles. The monoisotopic (exact) mass is 172 g/mol. The van der Waals surface area contributed by atoms with E-state index in [-0.39, 0.29) is 0 Å². The summed E-state index contributed by atoms with van der Waals surface area (Å²) in [5.74, 6) is 0.536. The third-order valence-electron chi connectivity index (χ3n) is 0.919. The van der Waals surface area contributed by atoms with Crippen LogP contribution in [0.4, 0.5) is 0 Å². The van der Waals surface area contributed by atoms with Gasteiger partial charge in [0.1, 0.15) is 0 Å². The van der Waals surface area contributed by atoms with Gasteiger partial charge >= 0.3 is 0 Å². The molecular formula is C10H17Cl. The maximum Gasteiger partial charge on any atom is 0.0473 e. The van der Waals surface area contributed by atoms with E-state index in [2.05, 4.69) is 6.58 Å². The van der Waals surface area contributed by atoms with Crippen LogP contribution in [0, 0.1) is 0 Å². The average Bonchev–Trinajstić information content (AvgIpc) is 2.10. The van der Waals surface area contributed by atoms with Crippen LogP contribution in [0.25, 0.3) is 0 Å². The summed E-state index contributed by atoms with van der Waals surface area (Å²) in [6.07, 6.45) is 7.60. The number of alkyl halides is 1. The molecule has 11 heavy (non-hydrogen) atoms. The molecule has 0 aliphatic heterocycles. The molecule has 0 N–H and O–H groups in total. The Morgan fingerprint density at radius 3 is 2.27 bits per heavy atom. The molecule has 0 nitrogen and oxygen atoms in total. The molecule has 0 rings (SSSR count). The standard InChI is InChI=1S/C8H11Cl.C2H6/c1-3-5-6-8(4-2)7-9;1-2/h3-6H,2,7H2,1H3;1-2H3/b5-3-,8-6+;. The van der Waals surface area contributed by atoms with E-state index < -0.39 is 0 Å². The Kier molecular flexibility index (Phi) is 14.6. The number of hydrogen-bond donors (Lipinski definition) is 0. The molecule has 0 bridgehead atoms. The minimum atomic E-state index is 0.536. The first kappa shape index (κ1) is 13.1. The minimum absolute atomic E-state index is 0.536. The summed E-state index contributed by atoms with van der Waals surface area (Å²) in [6.45, 7) is 9.56. The highest BCUT2D eigenvalue weighted by molar-refractivity contribution is 6.19. The van der Waals surface area contributed by atoms with Crippen molar-refractivity contribution in [3.8, 4) is 0 Å². The van der Waals surface area contributed by atoms with Gasteiger partial charge in [0.25, 0.3) is 0 Å². The van der Waals surface area contributed by atoms with Crippen molar-refractivity contribution in [3.63, 3.8) is 0 Å². The topological polar surface area (TPSA) is 0 Å². The SMILES string of the molecule is C=C/C(=C\C=C/C)CCl.CC. The third kappa shape index (κ3) is 9.51. The van der Waals surface area contributed by atoms with E-state index >= 15 is 0 Å². The van der Waals surface area contributed by atoms with Crippen LogP contribution in [-0.4, -0.2) is 5.88 Å². The van der Waals surface area contributed by atoms with Crippen molar-refractivity contribution in [2.45, 2.75) is 20.8 Å². The zero-order valence-electron chi connectivity index (χ0n) is 7.60. The van der Waals surface area contributed by atoms with E-state index in [1.807, 2.05) is 39.0 Å². The molecule has 0 aliphatic carbocycles. The zero-order valence-corrected chi connectivity index (χ0v) is 8.36. The highest BCUT2D eigenvalue weighted by Crippen LogP contribution is 1.98. The molecule has 0 heterocycles. The first-order valence-electron chi connectivity index (χ1n) is 3.85. The lowest BCUT2D eigenvalue weighted by Gasteiger charge is -1.88. The summed E-state index contributed by atoms with van der Waals surface area (Å²) in [5, 5.41) is 0. The maximum atomic E-state index is 5.53. The van der Waals surface area contributed by atoms with Gasteiger partial charge in [0.15, 0.2) is 0 Å². The molecule has 0 aliphatic rings. The fourth-order valence-electron chi connectivity index (χ4n) is 0.387. The number of allylic oxidation sites excluding steroid dienone is 5. The van der Waals surface area contributed by atoms with Crippen LogP contribution in [0.15, 0.2) is 36.5 Å². The highest BCUT2D eigenvalue weighted by Gasteiger charge is 1.81. The van der Waals surface area contributed by atoms with Gasteiger partial charge in [-0.1, -0.05) is 44.7 Å². The largest absolute Gasteiger partial charge is 0.122 e. The van der Waals surface area contributed by atoms with Crippen molar-refractivity contribution in [3.05, 3.63) is 36.5 Å². The zero-order chi connectivity index (χ0) is 9.11. The molecule has 0 aromatic rings. The first-order chi connectivity index (χ1) is 5.35. The van der Waals surface area contributed by atoms with Crippen molar-refractivity contribution >= 4 is 11.6 Å². The first-order valence-corrected chi connectivity index (χ1v) is 4.38. The van der Waals surface area contributed by atoms with Crippen LogP contribution >= 0.6 is 11.6 Å². The summed E-state index contributed by atoms with van der Waals surface area (Å²) in [4.78, 5) is 0. The van der Waals surface area contributed by atoms with Gasteiger partial charge in [-0.25, -0.2) is 0 Å². The quantitative estimate of drug-likeness (QED) is 0.447. The van der Waals surface area contributed by atoms with Crippen LogP contribution in [0.1, 0.15) is 20.8 Å². The van der Waals surface area contributed by atoms with Crippen LogP contribution in [-0.2, 0) is 0 Å². The van der Waals surface area contributed by atoms with E-state index in [0.29, 0.717) is 5.88 Å². The Morgan fingerprint density at radius 2 is 2.00 bits per heavy atom. The number of hydrogen-bond acceptors (Lipinski definition) is 0. The Hall–Kier alpha value is -0.490. The molecule has 0 radical (unpaired) electrons. The Morgan fingerprint density at radius 1 is 1.45 bits per heavy atom. The van der Waals surface area contributed by atoms with Crippen molar-refractivity contribution < 1.29 is 0 Å². The van der Waals surface area contributed by atoms with E-state index in [1.54, 1.807) is 6.08 Å². The fourth-order valence-corrected chi connectivity index (χ4v) is 0.585. The van der Waals surface area contributed by atoms with Crippen LogP contribution in [0.3, 0.4) is 0 Å². The van der Waals surface area contributed by atoms with Crippen molar-refractivity contribution in [1.82, 2.24) is 0 Å². The van der Waals surface area contributed by atoms with Gasteiger partial charge in [-0.2, -0.15) is 0 Å². The molecule has 0 spiro atoms. The molecule has 1 heteroatoms. The molecule has 0 atom stereocenters. The second-order valence-electron chi connectivity index (χ2n) is 1.61. The lowest BCUT2D eigenvalue weighted by molar-refractivity contribution is 1.50. The predicted molar refractivity (Wildman–Crippen MR) is 55.2 cm³/mol. The van der Waals surface area contributed by atoms with Gasteiger partial charge in [0.05, 0.1) is 0 Å². The summed E-state index contributed by atoms with van der Waals surface area (Å²) < 4.78 is 0. The summed E-state index contributed by atoms with van der Waals surface area (Å²) in [7, 11) is 0. The molecule has 64 valence electrons. The van der Waals surface area contributed by atoms with Gasteiger partial charge in [-0.3, -0.25) is 0 Å². The Bertz CT molecular complexity index is 132. The second kappa shape index (κ2) is 12.2. The molecule has 0 aromatic carbocycles. The van der Waals surface area contributed by atoms with Gasteiger partial charge in [-0.05, 0) is 12.5 Å². The Balaban J connectivity index is 0. The van der Waals surface area contributed by atoms with E-state index in [0.717, 1.165) is 5.57 Å². The lowest BCUT2D eigenvalue weighted by Crippen LogP contribution is -1.74. The molecular weight excluding hydrogens is 156 g/mol. The van der Waals surface area contributed by atoms with Crippen molar-refractivity contribution in [2.24, 2.45) is 0 Å². The van der Waals surface area contributed by atoms with E-state index in [1.165, 1.54) is 0 Å². The summed E-state index contributed by atoms with van der Waals surface area (Å²) in [5.41, 5.74) is 1.05. The molecule has 0 saturated carbocycles. The van der Waals surface area contributed by atoms with Crippen molar-refractivity contribution in [1.29, 1.82) is 0 Å². The second-order valence-corrected chi connectivity index (χ2v) is 1.87. The van der Waals surface area contributed by atoms with Gasteiger partial charge < -0.3 is 0 Å². The number of rotatable bonds is 3. The van der Waals surface area contributed by atoms with Gasteiger partial charge in [0.2, 0.25) is 0 Å². The molecule has 0 unspecified atom stereocenters. The smallest absolute Gasteiger partial charge is 0.0473 e. The van der Waals surface area contributed by atoms with Crippen molar-refractivity contribution in [2.75, 3.05) is 5.88 Å². The van der Waals surface area contributed by atoms with Crippen LogP contribution < -0.4 is 0 Å². The Labute approximate surface area is 75.3 Å². The summed E-state index contributed by atoms with van der Waals surface area (Å²) >= 11 is 5.53. The van der Waals surface area contributed by atoms with Crippen LogP contribution in [0.5, 0.6) is 0 Å². The van der Waals surface area contributed by atoms with E-state index in [9.17, 15) is 0 Å². The average molecular weight is 173 g/mol.